The molecule has 1 aromatic rings. The number of nitrogens with two attached hydrogens (primary N) is 1. The molecule has 3 unspecified atom stereocenters. The molecule has 2 aliphatic rings. The van der Waals surface area contributed by atoms with Gasteiger partial charge >= 0.3 is 0 Å². The Morgan fingerprint density at radius 3 is 2.86 bits per heavy atom. The number of hydrogen-bond donors (Lipinski definition) is 1. The molecule has 0 radical (unpaired) electrons. The Morgan fingerprint density at radius 2 is 2.05 bits per heavy atom. The van der Waals surface area contributed by atoms with Crippen LogP contribution in [0.5, 0.6) is 0 Å². The number of likely N-dealkylation sites (tertiary alicyclic amines) is 1. The fourth-order valence-electron chi connectivity index (χ4n) is 4.45. The van der Waals surface area contributed by atoms with Crippen LogP contribution in [0.15, 0.2) is 24.3 Å². The molecule has 1 saturated heterocycles. The van der Waals surface area contributed by atoms with Crippen LogP contribution in [0, 0.1) is 11.8 Å². The third-order valence-corrected chi connectivity index (χ3v) is 5.77. The first-order chi connectivity index (χ1) is 10.3. The maximum Gasteiger partial charge on any atom is 0.00505 e. The van der Waals surface area contributed by atoms with E-state index < -0.39 is 0 Å². The minimum absolute atomic E-state index is 0.752. The first kappa shape index (κ1) is 15.1. The largest absolute Gasteiger partial charge is 0.330 e. The summed E-state index contributed by atoms with van der Waals surface area (Å²) in [5.74, 6) is 2.31. The standard InChI is InChI=1S/C19H30N2/c1-2-15-13-21(11-10-17(15)12-20)14-18-8-5-7-16-6-3-4-9-19(16)18/h3-4,6,9,15,17-18H,2,5,7-8,10-14,20H2,1H3. The third kappa shape index (κ3) is 3.32. The van der Waals surface area contributed by atoms with Crippen molar-refractivity contribution in [2.24, 2.45) is 17.6 Å². The zero-order chi connectivity index (χ0) is 14.7. The quantitative estimate of drug-likeness (QED) is 0.919. The predicted octanol–water partition coefficient (Wildman–Crippen LogP) is 3.41. The van der Waals surface area contributed by atoms with Gasteiger partial charge in [0.05, 0.1) is 0 Å². The molecule has 0 bridgehead atoms. The van der Waals surface area contributed by atoms with E-state index in [4.69, 9.17) is 5.73 Å². The lowest BCUT2D eigenvalue weighted by Crippen LogP contribution is -2.44. The van der Waals surface area contributed by atoms with Crippen molar-refractivity contribution in [1.82, 2.24) is 4.90 Å². The molecule has 1 heterocycles. The van der Waals surface area contributed by atoms with Crippen LogP contribution in [0.4, 0.5) is 0 Å². The minimum atomic E-state index is 0.752. The molecule has 2 N–H and O–H groups in total. The van der Waals surface area contributed by atoms with Crippen molar-refractivity contribution in [3.05, 3.63) is 35.4 Å². The molecular formula is C19H30N2. The number of hydrogen-bond acceptors (Lipinski definition) is 2. The Kier molecular flexibility index (Phi) is 4.97. The Bertz CT molecular complexity index is 457. The fourth-order valence-corrected chi connectivity index (χ4v) is 4.45. The lowest BCUT2D eigenvalue weighted by atomic mass is 9.80. The van der Waals surface area contributed by atoms with Gasteiger partial charge in [0.2, 0.25) is 0 Å². The summed E-state index contributed by atoms with van der Waals surface area (Å²) in [6, 6.07) is 9.10. The number of piperidine rings is 1. The second-order valence-electron chi connectivity index (χ2n) is 7.00. The van der Waals surface area contributed by atoms with E-state index in [-0.39, 0.29) is 0 Å². The SMILES string of the molecule is CCC1CN(CC2CCCc3ccccc32)CCC1CN. The van der Waals surface area contributed by atoms with Gasteiger partial charge < -0.3 is 10.6 Å². The van der Waals surface area contributed by atoms with Gasteiger partial charge in [0.25, 0.3) is 0 Å². The second kappa shape index (κ2) is 6.93. The van der Waals surface area contributed by atoms with Crippen LogP contribution in [-0.2, 0) is 6.42 Å². The summed E-state index contributed by atoms with van der Waals surface area (Å²) in [4.78, 5) is 2.72. The smallest absolute Gasteiger partial charge is 0.00505 e. The van der Waals surface area contributed by atoms with Gasteiger partial charge in [0, 0.05) is 13.1 Å². The average Bonchev–Trinajstić information content (AvgIpc) is 2.55. The van der Waals surface area contributed by atoms with Crippen molar-refractivity contribution in [2.45, 2.75) is 44.9 Å². The van der Waals surface area contributed by atoms with Gasteiger partial charge in [-0.05, 0) is 67.7 Å². The summed E-state index contributed by atoms with van der Waals surface area (Å²) < 4.78 is 0. The highest BCUT2D eigenvalue weighted by Crippen LogP contribution is 2.34. The number of aryl methyl sites for hydroxylation is 1. The molecule has 1 aliphatic heterocycles. The molecule has 2 heteroatoms. The van der Waals surface area contributed by atoms with Crippen molar-refractivity contribution >= 4 is 0 Å². The zero-order valence-electron chi connectivity index (χ0n) is 13.4. The van der Waals surface area contributed by atoms with Crippen LogP contribution < -0.4 is 5.73 Å². The lowest BCUT2D eigenvalue weighted by molar-refractivity contribution is 0.112. The maximum absolute atomic E-state index is 5.94. The molecule has 1 aliphatic carbocycles. The van der Waals surface area contributed by atoms with E-state index in [0.29, 0.717) is 0 Å². The molecule has 2 nitrogen and oxygen atoms in total. The van der Waals surface area contributed by atoms with Crippen molar-refractivity contribution < 1.29 is 0 Å². The number of rotatable bonds is 4. The topological polar surface area (TPSA) is 29.3 Å². The lowest BCUT2D eigenvalue weighted by Gasteiger charge is -2.40. The minimum Gasteiger partial charge on any atom is -0.330 e. The molecule has 21 heavy (non-hydrogen) atoms. The molecule has 1 fully saturated rings. The predicted molar refractivity (Wildman–Crippen MR) is 89.5 cm³/mol. The fraction of sp³-hybridized carbons (Fsp3) is 0.684. The monoisotopic (exact) mass is 286 g/mol. The maximum atomic E-state index is 5.94. The Morgan fingerprint density at radius 1 is 1.19 bits per heavy atom. The van der Waals surface area contributed by atoms with Crippen LogP contribution in [0.25, 0.3) is 0 Å². The van der Waals surface area contributed by atoms with Crippen LogP contribution >= 0.6 is 0 Å². The van der Waals surface area contributed by atoms with Crippen LogP contribution in [0.2, 0.25) is 0 Å². The Hall–Kier alpha value is -0.860. The zero-order valence-corrected chi connectivity index (χ0v) is 13.4. The van der Waals surface area contributed by atoms with E-state index in [1.165, 1.54) is 51.7 Å². The van der Waals surface area contributed by atoms with Gasteiger partial charge in [-0.25, -0.2) is 0 Å². The molecule has 3 rings (SSSR count). The summed E-state index contributed by atoms with van der Waals surface area (Å²) in [6.45, 7) is 6.96. The molecule has 0 spiro atoms. The van der Waals surface area contributed by atoms with Crippen molar-refractivity contribution in [2.75, 3.05) is 26.2 Å². The molecular weight excluding hydrogens is 256 g/mol. The van der Waals surface area contributed by atoms with Gasteiger partial charge in [-0.3, -0.25) is 0 Å². The number of fused-ring (bicyclic) bond motifs is 1. The molecule has 0 saturated carbocycles. The number of benzene rings is 1. The Labute approximate surface area is 129 Å². The molecule has 1 aromatic carbocycles. The van der Waals surface area contributed by atoms with Gasteiger partial charge in [0.15, 0.2) is 0 Å². The third-order valence-electron chi connectivity index (χ3n) is 5.77. The summed E-state index contributed by atoms with van der Waals surface area (Å²) >= 11 is 0. The summed E-state index contributed by atoms with van der Waals surface area (Å²) in [5, 5.41) is 0. The van der Waals surface area contributed by atoms with Gasteiger partial charge in [-0.2, -0.15) is 0 Å². The highest BCUT2D eigenvalue weighted by Gasteiger charge is 2.29. The molecule has 3 atom stereocenters. The van der Waals surface area contributed by atoms with Crippen molar-refractivity contribution in [1.29, 1.82) is 0 Å². The second-order valence-corrected chi connectivity index (χ2v) is 7.00. The summed E-state index contributed by atoms with van der Waals surface area (Å²) in [7, 11) is 0. The van der Waals surface area contributed by atoms with Gasteiger partial charge in [-0.1, -0.05) is 37.6 Å². The number of nitrogens with zero attached hydrogens (tertiary/aromatic N) is 1. The van der Waals surface area contributed by atoms with E-state index in [0.717, 1.165) is 24.3 Å². The highest BCUT2D eigenvalue weighted by atomic mass is 15.1. The van der Waals surface area contributed by atoms with Gasteiger partial charge in [-0.15, -0.1) is 0 Å². The van der Waals surface area contributed by atoms with E-state index >= 15 is 0 Å². The summed E-state index contributed by atoms with van der Waals surface area (Å²) in [6.07, 6.45) is 6.57. The van der Waals surface area contributed by atoms with E-state index in [1.807, 2.05) is 0 Å². The molecule has 0 amide bonds. The highest BCUT2D eigenvalue weighted by molar-refractivity contribution is 5.32. The van der Waals surface area contributed by atoms with E-state index in [2.05, 4.69) is 36.1 Å². The summed E-state index contributed by atoms with van der Waals surface area (Å²) in [5.41, 5.74) is 9.16. The first-order valence-electron chi connectivity index (χ1n) is 8.82. The van der Waals surface area contributed by atoms with Gasteiger partial charge in [0.1, 0.15) is 0 Å². The van der Waals surface area contributed by atoms with Crippen molar-refractivity contribution in [3.8, 4) is 0 Å². The van der Waals surface area contributed by atoms with Crippen LogP contribution in [0.1, 0.15) is 49.7 Å². The van der Waals surface area contributed by atoms with Crippen molar-refractivity contribution in [3.63, 3.8) is 0 Å². The first-order valence-corrected chi connectivity index (χ1v) is 8.82. The Balaban J connectivity index is 1.65. The normalized spacial score (nSPS) is 30.1. The van der Waals surface area contributed by atoms with Crippen LogP contribution in [-0.4, -0.2) is 31.1 Å². The molecule has 0 aromatic heterocycles. The van der Waals surface area contributed by atoms with E-state index in [1.54, 1.807) is 11.1 Å². The average molecular weight is 286 g/mol. The molecule has 116 valence electrons. The van der Waals surface area contributed by atoms with Crippen LogP contribution in [0.3, 0.4) is 0 Å². The van der Waals surface area contributed by atoms with E-state index in [9.17, 15) is 0 Å².